The van der Waals surface area contributed by atoms with Gasteiger partial charge in [-0.15, -0.1) is 0 Å². The largest absolute Gasteiger partial charge is 0.497 e. The SMILES string of the molecule is COc1ccc2sc(N(CC3CCCO3)C(=O)c3ccc(S(=O)(=O)N(C)C)cc3)nc2c1. The highest BCUT2D eigenvalue weighted by atomic mass is 32.2. The van der Waals surface area contributed by atoms with Crippen LogP contribution in [0.5, 0.6) is 5.75 Å². The van der Waals surface area contributed by atoms with Crippen molar-refractivity contribution in [3.05, 3.63) is 48.0 Å². The number of sulfonamides is 1. The average molecular weight is 476 g/mol. The van der Waals surface area contributed by atoms with Crippen molar-refractivity contribution in [2.24, 2.45) is 0 Å². The molecule has 0 N–H and O–H groups in total. The molecule has 1 amide bonds. The first-order chi connectivity index (χ1) is 15.3. The number of fused-ring (bicyclic) bond motifs is 1. The molecule has 4 rings (SSSR count). The van der Waals surface area contributed by atoms with E-state index in [0.717, 1.165) is 27.4 Å². The van der Waals surface area contributed by atoms with Gasteiger partial charge in [0.05, 0.1) is 34.9 Å². The Balaban J connectivity index is 1.68. The Kier molecular flexibility index (Phi) is 6.47. The van der Waals surface area contributed by atoms with Crippen LogP contribution in [0.2, 0.25) is 0 Å². The molecule has 0 bridgehead atoms. The van der Waals surface area contributed by atoms with E-state index in [1.165, 1.54) is 49.7 Å². The summed E-state index contributed by atoms with van der Waals surface area (Å²) < 4.78 is 37.8. The number of benzene rings is 2. The number of anilines is 1. The minimum absolute atomic E-state index is 0.0612. The molecule has 1 fully saturated rings. The molecule has 0 aliphatic carbocycles. The van der Waals surface area contributed by atoms with Crippen LogP contribution in [0, 0.1) is 0 Å². The highest BCUT2D eigenvalue weighted by molar-refractivity contribution is 7.89. The van der Waals surface area contributed by atoms with Gasteiger partial charge in [0.25, 0.3) is 5.91 Å². The lowest BCUT2D eigenvalue weighted by molar-refractivity contribution is 0.0917. The van der Waals surface area contributed by atoms with Gasteiger partial charge in [-0.05, 0) is 49.2 Å². The van der Waals surface area contributed by atoms with Gasteiger partial charge in [0.1, 0.15) is 5.75 Å². The molecule has 0 radical (unpaired) electrons. The van der Waals surface area contributed by atoms with E-state index in [2.05, 4.69) is 4.98 Å². The quantitative estimate of drug-likeness (QED) is 0.521. The van der Waals surface area contributed by atoms with E-state index in [0.29, 0.717) is 29.6 Å². The number of thiazole rings is 1. The number of hydrogen-bond donors (Lipinski definition) is 0. The molecule has 1 saturated heterocycles. The van der Waals surface area contributed by atoms with Crippen molar-refractivity contribution in [2.75, 3.05) is 39.3 Å². The number of carbonyl (C=O) groups is 1. The average Bonchev–Trinajstić information content (AvgIpc) is 3.45. The maximum atomic E-state index is 13.5. The summed E-state index contributed by atoms with van der Waals surface area (Å²) in [6.07, 6.45) is 1.78. The first kappa shape index (κ1) is 22.7. The zero-order valence-electron chi connectivity index (χ0n) is 18.1. The zero-order valence-corrected chi connectivity index (χ0v) is 19.8. The van der Waals surface area contributed by atoms with Crippen LogP contribution < -0.4 is 9.64 Å². The minimum atomic E-state index is -3.57. The van der Waals surface area contributed by atoms with Crippen molar-refractivity contribution < 1.29 is 22.7 Å². The molecule has 0 saturated carbocycles. The number of amides is 1. The Morgan fingerprint density at radius 3 is 2.59 bits per heavy atom. The molecule has 2 aromatic carbocycles. The lowest BCUT2D eigenvalue weighted by atomic mass is 10.2. The van der Waals surface area contributed by atoms with Crippen LogP contribution in [-0.4, -0.2) is 64.1 Å². The molecule has 1 aliphatic heterocycles. The second-order valence-corrected chi connectivity index (χ2v) is 10.9. The maximum absolute atomic E-state index is 13.5. The first-order valence-corrected chi connectivity index (χ1v) is 12.5. The summed E-state index contributed by atoms with van der Waals surface area (Å²) in [5.41, 5.74) is 1.14. The molecule has 1 aromatic heterocycles. The van der Waals surface area contributed by atoms with Gasteiger partial charge in [-0.2, -0.15) is 0 Å². The van der Waals surface area contributed by atoms with Crippen LogP contribution in [0.15, 0.2) is 47.4 Å². The molecule has 1 unspecified atom stereocenters. The monoisotopic (exact) mass is 475 g/mol. The second kappa shape index (κ2) is 9.14. The number of ether oxygens (including phenoxy) is 2. The van der Waals surface area contributed by atoms with E-state index in [1.807, 2.05) is 18.2 Å². The number of rotatable bonds is 7. The predicted molar refractivity (Wildman–Crippen MR) is 124 cm³/mol. The van der Waals surface area contributed by atoms with Gasteiger partial charge in [-0.3, -0.25) is 9.69 Å². The van der Waals surface area contributed by atoms with Gasteiger partial charge in [0, 0.05) is 32.3 Å². The molecular formula is C22H25N3O5S2. The number of methoxy groups -OCH3 is 1. The second-order valence-electron chi connectivity index (χ2n) is 7.69. The number of nitrogens with zero attached hydrogens (tertiary/aromatic N) is 3. The highest BCUT2D eigenvalue weighted by Gasteiger charge is 2.27. The Bertz CT molecular complexity index is 1220. The van der Waals surface area contributed by atoms with Gasteiger partial charge >= 0.3 is 0 Å². The number of hydrogen-bond acceptors (Lipinski definition) is 7. The van der Waals surface area contributed by atoms with Crippen LogP contribution in [0.1, 0.15) is 23.2 Å². The molecule has 10 heteroatoms. The summed E-state index contributed by atoms with van der Waals surface area (Å²) in [5, 5.41) is 0.568. The van der Waals surface area contributed by atoms with Crippen LogP contribution in [0.4, 0.5) is 5.13 Å². The van der Waals surface area contributed by atoms with Gasteiger partial charge in [-0.1, -0.05) is 11.3 Å². The third kappa shape index (κ3) is 4.49. The summed E-state index contributed by atoms with van der Waals surface area (Å²) in [6.45, 7) is 1.06. The molecular weight excluding hydrogens is 450 g/mol. The minimum Gasteiger partial charge on any atom is -0.497 e. The third-order valence-corrected chi connectivity index (χ3v) is 8.24. The fraction of sp³-hybridized carbons (Fsp3) is 0.364. The first-order valence-electron chi connectivity index (χ1n) is 10.2. The van der Waals surface area contributed by atoms with Crippen molar-refractivity contribution >= 4 is 42.6 Å². The molecule has 1 atom stereocenters. The third-order valence-electron chi connectivity index (χ3n) is 5.35. The highest BCUT2D eigenvalue weighted by Crippen LogP contribution is 2.33. The van der Waals surface area contributed by atoms with Crippen molar-refractivity contribution in [1.29, 1.82) is 0 Å². The van der Waals surface area contributed by atoms with Crippen LogP contribution in [0.25, 0.3) is 10.2 Å². The fourth-order valence-corrected chi connectivity index (χ4v) is 5.37. The molecule has 1 aliphatic rings. The summed E-state index contributed by atoms with van der Waals surface area (Å²) in [6, 6.07) is 11.6. The van der Waals surface area contributed by atoms with Crippen LogP contribution >= 0.6 is 11.3 Å². The Labute approximate surface area is 191 Å². The van der Waals surface area contributed by atoms with Crippen molar-refractivity contribution in [3.63, 3.8) is 0 Å². The Morgan fingerprint density at radius 1 is 1.22 bits per heavy atom. The molecule has 8 nitrogen and oxygen atoms in total. The molecule has 0 spiro atoms. The van der Waals surface area contributed by atoms with Gasteiger partial charge in [0.15, 0.2) is 5.13 Å². The van der Waals surface area contributed by atoms with Gasteiger partial charge < -0.3 is 9.47 Å². The fourth-order valence-electron chi connectivity index (χ4n) is 3.51. The summed E-state index contributed by atoms with van der Waals surface area (Å²) in [4.78, 5) is 19.9. The van der Waals surface area contributed by atoms with E-state index in [1.54, 1.807) is 12.0 Å². The lowest BCUT2D eigenvalue weighted by Gasteiger charge is -2.23. The standard InChI is InChI=1S/C22H25N3O5S2/c1-24(2)32(27,28)18-9-6-15(7-10-18)21(26)25(14-17-5-4-12-30-17)22-23-19-13-16(29-3)8-11-20(19)31-22/h6-11,13,17H,4-5,12,14H2,1-3H3. The zero-order chi connectivity index (χ0) is 22.9. The number of carbonyl (C=O) groups excluding carboxylic acids is 1. The van der Waals surface area contributed by atoms with E-state index >= 15 is 0 Å². The van der Waals surface area contributed by atoms with Gasteiger partial charge in [0.2, 0.25) is 10.0 Å². The predicted octanol–water partition coefficient (Wildman–Crippen LogP) is 3.38. The van der Waals surface area contributed by atoms with E-state index < -0.39 is 10.0 Å². The maximum Gasteiger partial charge on any atom is 0.260 e. The van der Waals surface area contributed by atoms with Crippen molar-refractivity contribution in [3.8, 4) is 5.75 Å². The van der Waals surface area contributed by atoms with Crippen LogP contribution in [0.3, 0.4) is 0 Å². The van der Waals surface area contributed by atoms with E-state index in [9.17, 15) is 13.2 Å². The van der Waals surface area contributed by atoms with E-state index in [-0.39, 0.29) is 16.9 Å². The Hall–Kier alpha value is -2.53. The molecule has 3 aromatic rings. The number of aromatic nitrogens is 1. The molecule has 2 heterocycles. The van der Waals surface area contributed by atoms with Crippen molar-refractivity contribution in [1.82, 2.24) is 9.29 Å². The molecule has 32 heavy (non-hydrogen) atoms. The lowest BCUT2D eigenvalue weighted by Crippen LogP contribution is -2.37. The summed E-state index contributed by atoms with van der Waals surface area (Å²) >= 11 is 1.42. The van der Waals surface area contributed by atoms with Gasteiger partial charge in [-0.25, -0.2) is 17.7 Å². The smallest absolute Gasteiger partial charge is 0.260 e. The normalized spacial score (nSPS) is 16.6. The van der Waals surface area contributed by atoms with E-state index in [4.69, 9.17) is 9.47 Å². The van der Waals surface area contributed by atoms with Crippen LogP contribution in [-0.2, 0) is 14.8 Å². The van der Waals surface area contributed by atoms with Crippen molar-refractivity contribution in [2.45, 2.75) is 23.8 Å². The summed E-state index contributed by atoms with van der Waals surface area (Å²) in [5.74, 6) is 0.448. The topological polar surface area (TPSA) is 89.0 Å². The Morgan fingerprint density at radius 2 is 1.97 bits per heavy atom. The summed E-state index contributed by atoms with van der Waals surface area (Å²) in [7, 11) is 0.975. The molecule has 170 valence electrons.